The summed E-state index contributed by atoms with van der Waals surface area (Å²) in [6.45, 7) is 2.43. The highest BCUT2D eigenvalue weighted by atomic mass is 79.9. The van der Waals surface area contributed by atoms with E-state index in [1.54, 1.807) is 0 Å². The van der Waals surface area contributed by atoms with Crippen LogP contribution in [-0.4, -0.2) is 30.7 Å². The fourth-order valence-electron chi connectivity index (χ4n) is 3.21. The number of hydrogen-bond donors (Lipinski definition) is 1. The van der Waals surface area contributed by atoms with Gasteiger partial charge < -0.3 is 10.0 Å². The lowest BCUT2D eigenvalue weighted by Gasteiger charge is -2.49. The van der Waals surface area contributed by atoms with E-state index in [1.165, 1.54) is 17.5 Å². The van der Waals surface area contributed by atoms with Crippen molar-refractivity contribution in [3.63, 3.8) is 0 Å². The molecule has 2 nitrogen and oxygen atoms in total. The van der Waals surface area contributed by atoms with Gasteiger partial charge in [0.25, 0.3) is 0 Å². The number of halogens is 1. The molecular weight excluding hydrogens is 290 g/mol. The van der Waals surface area contributed by atoms with Gasteiger partial charge in [-0.3, -0.25) is 0 Å². The lowest BCUT2D eigenvalue weighted by atomic mass is 9.62. The van der Waals surface area contributed by atoms with Gasteiger partial charge in [-0.2, -0.15) is 0 Å². The molecule has 100 valence electrons. The van der Waals surface area contributed by atoms with E-state index < -0.39 is 0 Å². The molecule has 18 heavy (non-hydrogen) atoms. The summed E-state index contributed by atoms with van der Waals surface area (Å²) in [7, 11) is 4.22. The Morgan fingerprint density at radius 2 is 2.06 bits per heavy atom. The number of aliphatic hydroxyl groups is 1. The zero-order chi connectivity index (χ0) is 13.3. The zero-order valence-corrected chi connectivity index (χ0v) is 13.0. The highest BCUT2D eigenvalue weighted by Gasteiger charge is 2.45. The standard InChI is InChI=1S/C15H22BrNO/c1-11-5-6-12(16)9-13(11)14(17(2)3)15(10-18)7-4-8-15/h5-6,9,14,18H,4,7-8,10H2,1-3H3. The van der Waals surface area contributed by atoms with Gasteiger partial charge in [-0.05, 0) is 57.1 Å². The molecule has 0 heterocycles. The summed E-state index contributed by atoms with van der Waals surface area (Å²) in [5.41, 5.74) is 2.69. The van der Waals surface area contributed by atoms with Crippen LogP contribution in [-0.2, 0) is 0 Å². The maximum atomic E-state index is 9.84. The van der Waals surface area contributed by atoms with E-state index in [0.717, 1.165) is 17.3 Å². The lowest BCUT2D eigenvalue weighted by molar-refractivity contribution is -0.0311. The van der Waals surface area contributed by atoms with Crippen molar-refractivity contribution in [3.05, 3.63) is 33.8 Å². The number of aryl methyl sites for hydroxylation is 1. The molecule has 0 aromatic heterocycles. The van der Waals surface area contributed by atoms with Crippen molar-refractivity contribution >= 4 is 15.9 Å². The van der Waals surface area contributed by atoms with E-state index in [4.69, 9.17) is 0 Å². The number of aliphatic hydroxyl groups excluding tert-OH is 1. The van der Waals surface area contributed by atoms with Crippen molar-refractivity contribution in [2.75, 3.05) is 20.7 Å². The molecule has 1 N–H and O–H groups in total. The van der Waals surface area contributed by atoms with E-state index in [0.29, 0.717) is 6.04 Å². The largest absolute Gasteiger partial charge is 0.396 e. The first kappa shape index (κ1) is 14.0. The van der Waals surface area contributed by atoms with Crippen LogP contribution in [0.1, 0.15) is 36.4 Å². The third kappa shape index (κ3) is 2.36. The molecule has 1 aliphatic carbocycles. The summed E-state index contributed by atoms with van der Waals surface area (Å²) in [5.74, 6) is 0. The Balaban J connectivity index is 2.44. The number of hydrogen-bond acceptors (Lipinski definition) is 2. The fraction of sp³-hybridized carbons (Fsp3) is 0.600. The third-order valence-electron chi connectivity index (χ3n) is 4.30. The number of benzene rings is 1. The van der Waals surface area contributed by atoms with E-state index in [9.17, 15) is 5.11 Å². The van der Waals surface area contributed by atoms with Crippen LogP contribution < -0.4 is 0 Å². The predicted molar refractivity (Wildman–Crippen MR) is 78.7 cm³/mol. The van der Waals surface area contributed by atoms with Gasteiger partial charge in [-0.15, -0.1) is 0 Å². The van der Waals surface area contributed by atoms with Crippen molar-refractivity contribution in [1.82, 2.24) is 4.90 Å². The van der Waals surface area contributed by atoms with E-state index in [2.05, 4.69) is 60.0 Å². The van der Waals surface area contributed by atoms with E-state index in [-0.39, 0.29) is 12.0 Å². The second-order valence-corrected chi connectivity index (χ2v) is 6.66. The second kappa shape index (κ2) is 5.32. The summed E-state index contributed by atoms with van der Waals surface area (Å²) in [5, 5.41) is 9.84. The minimum atomic E-state index is 0.0506. The Morgan fingerprint density at radius 3 is 2.50 bits per heavy atom. The Morgan fingerprint density at radius 1 is 1.39 bits per heavy atom. The second-order valence-electron chi connectivity index (χ2n) is 5.74. The van der Waals surface area contributed by atoms with Crippen LogP contribution in [0.5, 0.6) is 0 Å². The highest BCUT2D eigenvalue weighted by molar-refractivity contribution is 9.10. The Kier molecular flexibility index (Phi) is 4.15. The van der Waals surface area contributed by atoms with Gasteiger partial charge in [0.05, 0.1) is 6.61 Å². The van der Waals surface area contributed by atoms with Crippen molar-refractivity contribution in [3.8, 4) is 0 Å². The molecule has 1 atom stereocenters. The SMILES string of the molecule is Cc1ccc(Br)cc1C(N(C)C)C1(CO)CCC1. The molecule has 1 aromatic rings. The molecule has 0 bridgehead atoms. The van der Waals surface area contributed by atoms with Gasteiger partial charge in [0, 0.05) is 15.9 Å². The Labute approximate surface area is 118 Å². The summed E-state index contributed by atoms with van der Waals surface area (Å²) >= 11 is 3.56. The smallest absolute Gasteiger partial charge is 0.0505 e. The van der Waals surface area contributed by atoms with Gasteiger partial charge in [-0.1, -0.05) is 28.4 Å². The van der Waals surface area contributed by atoms with Crippen LogP contribution in [0.4, 0.5) is 0 Å². The van der Waals surface area contributed by atoms with Crippen molar-refractivity contribution < 1.29 is 5.11 Å². The molecule has 0 aliphatic heterocycles. The van der Waals surface area contributed by atoms with Crippen molar-refractivity contribution in [2.24, 2.45) is 5.41 Å². The van der Waals surface area contributed by atoms with Crippen LogP contribution in [0.2, 0.25) is 0 Å². The molecule has 0 amide bonds. The Bertz CT molecular complexity index is 421. The lowest BCUT2D eigenvalue weighted by Crippen LogP contribution is -2.45. The quantitative estimate of drug-likeness (QED) is 0.919. The molecule has 0 radical (unpaired) electrons. The molecule has 1 unspecified atom stereocenters. The summed E-state index contributed by atoms with van der Waals surface area (Å²) in [6, 6.07) is 6.74. The van der Waals surface area contributed by atoms with Crippen molar-refractivity contribution in [2.45, 2.75) is 32.2 Å². The third-order valence-corrected chi connectivity index (χ3v) is 4.79. The molecule has 1 fully saturated rings. The first-order chi connectivity index (χ1) is 8.50. The molecule has 0 spiro atoms. The Hall–Kier alpha value is -0.380. The molecule has 1 aromatic carbocycles. The molecular formula is C15H22BrNO. The van der Waals surface area contributed by atoms with Crippen LogP contribution in [0.3, 0.4) is 0 Å². The van der Waals surface area contributed by atoms with Gasteiger partial charge >= 0.3 is 0 Å². The maximum Gasteiger partial charge on any atom is 0.0505 e. The normalized spacial score (nSPS) is 19.7. The summed E-state index contributed by atoms with van der Waals surface area (Å²) in [6.07, 6.45) is 3.48. The number of rotatable bonds is 4. The van der Waals surface area contributed by atoms with E-state index >= 15 is 0 Å². The molecule has 0 saturated heterocycles. The fourth-order valence-corrected chi connectivity index (χ4v) is 3.59. The average Bonchev–Trinajstić information content (AvgIpc) is 2.26. The molecule has 1 saturated carbocycles. The molecule has 3 heteroatoms. The zero-order valence-electron chi connectivity index (χ0n) is 11.4. The predicted octanol–water partition coefficient (Wildman–Crippen LogP) is 3.52. The first-order valence-corrected chi connectivity index (χ1v) is 7.33. The summed E-state index contributed by atoms with van der Waals surface area (Å²) in [4.78, 5) is 2.25. The van der Waals surface area contributed by atoms with Gasteiger partial charge in [0.1, 0.15) is 0 Å². The number of nitrogens with zero attached hydrogens (tertiary/aromatic N) is 1. The highest BCUT2D eigenvalue weighted by Crippen LogP contribution is 2.52. The monoisotopic (exact) mass is 311 g/mol. The van der Waals surface area contributed by atoms with Crippen LogP contribution >= 0.6 is 15.9 Å². The topological polar surface area (TPSA) is 23.5 Å². The van der Waals surface area contributed by atoms with Crippen LogP contribution in [0.15, 0.2) is 22.7 Å². The van der Waals surface area contributed by atoms with E-state index in [1.807, 2.05) is 0 Å². The maximum absolute atomic E-state index is 9.84. The van der Waals surface area contributed by atoms with Crippen molar-refractivity contribution in [1.29, 1.82) is 0 Å². The molecule has 1 aliphatic rings. The summed E-state index contributed by atoms with van der Waals surface area (Å²) < 4.78 is 1.11. The van der Waals surface area contributed by atoms with Gasteiger partial charge in [0.15, 0.2) is 0 Å². The average molecular weight is 312 g/mol. The minimum Gasteiger partial charge on any atom is -0.396 e. The van der Waals surface area contributed by atoms with Crippen LogP contribution in [0.25, 0.3) is 0 Å². The van der Waals surface area contributed by atoms with Gasteiger partial charge in [0.2, 0.25) is 0 Å². The minimum absolute atomic E-state index is 0.0506. The van der Waals surface area contributed by atoms with Crippen LogP contribution in [0, 0.1) is 12.3 Å². The first-order valence-electron chi connectivity index (χ1n) is 6.53. The van der Waals surface area contributed by atoms with Gasteiger partial charge in [-0.25, -0.2) is 0 Å². The molecule has 2 rings (SSSR count).